The number of hydrogen-bond acceptors (Lipinski definition) is 3. The lowest BCUT2D eigenvalue weighted by molar-refractivity contribution is -0.0582. The second-order valence-electron chi connectivity index (χ2n) is 5.74. The van der Waals surface area contributed by atoms with Crippen LogP contribution in [0.3, 0.4) is 0 Å². The largest absolute Gasteiger partial charge is 0.383 e. The zero-order valence-electron chi connectivity index (χ0n) is 12.0. The van der Waals surface area contributed by atoms with Gasteiger partial charge in [-0.2, -0.15) is 0 Å². The molecule has 3 heteroatoms. The Morgan fingerprint density at radius 2 is 1.53 bits per heavy atom. The summed E-state index contributed by atoms with van der Waals surface area (Å²) in [6.45, 7) is 8.50. The molecule has 0 saturated carbocycles. The highest BCUT2D eigenvalue weighted by Gasteiger charge is 2.38. The van der Waals surface area contributed by atoms with Crippen LogP contribution in [0.15, 0.2) is 0 Å². The molecule has 0 aromatic heterocycles. The first kappa shape index (κ1) is 14.9. The molecule has 0 unspecified atom stereocenters. The van der Waals surface area contributed by atoms with Crippen LogP contribution in [-0.2, 0) is 9.47 Å². The van der Waals surface area contributed by atoms with E-state index >= 15 is 0 Å². The molecule has 0 amide bonds. The summed E-state index contributed by atoms with van der Waals surface area (Å²) in [4.78, 5) is 2.60. The summed E-state index contributed by atoms with van der Waals surface area (Å²) >= 11 is 0. The van der Waals surface area contributed by atoms with Crippen LogP contribution in [0.25, 0.3) is 0 Å². The predicted molar refractivity (Wildman–Crippen MR) is 71.4 cm³/mol. The van der Waals surface area contributed by atoms with E-state index in [0.717, 1.165) is 19.6 Å². The van der Waals surface area contributed by atoms with Crippen LogP contribution in [0.1, 0.15) is 39.5 Å². The fourth-order valence-electron chi connectivity index (χ4n) is 3.14. The lowest BCUT2D eigenvalue weighted by atomic mass is 9.86. The van der Waals surface area contributed by atoms with Gasteiger partial charge in [-0.1, -0.05) is 20.3 Å². The van der Waals surface area contributed by atoms with Crippen LogP contribution < -0.4 is 0 Å². The van der Waals surface area contributed by atoms with E-state index in [-0.39, 0.29) is 5.54 Å². The van der Waals surface area contributed by atoms with Crippen LogP contribution in [0.4, 0.5) is 0 Å². The van der Waals surface area contributed by atoms with Crippen LogP contribution in [0.5, 0.6) is 0 Å². The lowest BCUT2D eigenvalue weighted by Gasteiger charge is -2.46. The van der Waals surface area contributed by atoms with Crippen LogP contribution in [0.2, 0.25) is 0 Å². The van der Waals surface area contributed by atoms with Gasteiger partial charge in [0, 0.05) is 14.2 Å². The van der Waals surface area contributed by atoms with Gasteiger partial charge in [0.1, 0.15) is 0 Å². The topological polar surface area (TPSA) is 21.7 Å². The van der Waals surface area contributed by atoms with Gasteiger partial charge in [-0.25, -0.2) is 0 Å². The molecule has 0 bridgehead atoms. The maximum absolute atomic E-state index is 5.49. The monoisotopic (exact) mass is 243 g/mol. The Bertz CT molecular complexity index is 194. The molecule has 102 valence electrons. The van der Waals surface area contributed by atoms with Crippen molar-refractivity contribution in [2.24, 2.45) is 5.92 Å². The molecule has 1 aliphatic rings. The summed E-state index contributed by atoms with van der Waals surface area (Å²) in [5.74, 6) is 0.669. The first-order chi connectivity index (χ1) is 8.14. The molecule has 17 heavy (non-hydrogen) atoms. The van der Waals surface area contributed by atoms with Crippen molar-refractivity contribution >= 4 is 0 Å². The van der Waals surface area contributed by atoms with Crippen molar-refractivity contribution in [3.8, 4) is 0 Å². The normalized spacial score (nSPS) is 18.9. The molecule has 0 aromatic rings. The maximum Gasteiger partial charge on any atom is 0.0680 e. The fourth-order valence-corrected chi connectivity index (χ4v) is 3.14. The molecular weight excluding hydrogens is 214 g/mol. The zero-order valence-corrected chi connectivity index (χ0v) is 12.0. The van der Waals surface area contributed by atoms with E-state index < -0.39 is 0 Å². The van der Waals surface area contributed by atoms with Crippen molar-refractivity contribution in [1.29, 1.82) is 0 Å². The minimum Gasteiger partial charge on any atom is -0.383 e. The number of hydrogen-bond donors (Lipinski definition) is 0. The first-order valence-electron chi connectivity index (χ1n) is 6.87. The number of methoxy groups -OCH3 is 2. The molecule has 0 N–H and O–H groups in total. The molecule has 0 atom stereocenters. The Balaban J connectivity index is 2.77. The van der Waals surface area contributed by atoms with E-state index in [9.17, 15) is 0 Å². The summed E-state index contributed by atoms with van der Waals surface area (Å²) in [6.07, 6.45) is 5.14. The Morgan fingerprint density at radius 3 is 1.94 bits per heavy atom. The quantitative estimate of drug-likeness (QED) is 0.686. The van der Waals surface area contributed by atoms with Gasteiger partial charge in [0.05, 0.1) is 18.8 Å². The highest BCUT2D eigenvalue weighted by molar-refractivity contribution is 4.93. The van der Waals surface area contributed by atoms with Crippen molar-refractivity contribution in [3.05, 3.63) is 0 Å². The maximum atomic E-state index is 5.49. The highest BCUT2D eigenvalue weighted by atomic mass is 16.5. The minimum atomic E-state index is 0.0814. The van der Waals surface area contributed by atoms with Crippen molar-refractivity contribution in [3.63, 3.8) is 0 Å². The number of likely N-dealkylation sites (tertiary alicyclic amines) is 1. The molecule has 1 aliphatic heterocycles. The van der Waals surface area contributed by atoms with Crippen LogP contribution in [0, 0.1) is 5.92 Å². The molecule has 3 nitrogen and oxygen atoms in total. The van der Waals surface area contributed by atoms with Crippen molar-refractivity contribution in [2.75, 3.05) is 40.5 Å². The van der Waals surface area contributed by atoms with Gasteiger partial charge >= 0.3 is 0 Å². The van der Waals surface area contributed by atoms with Gasteiger partial charge in [0.15, 0.2) is 0 Å². The Hall–Kier alpha value is -0.120. The van der Waals surface area contributed by atoms with Gasteiger partial charge in [-0.3, -0.25) is 4.90 Å². The summed E-state index contributed by atoms with van der Waals surface area (Å²) in [5, 5.41) is 0. The third-order valence-electron chi connectivity index (χ3n) is 3.64. The number of nitrogens with zero attached hydrogens (tertiary/aromatic N) is 1. The predicted octanol–water partition coefficient (Wildman–Crippen LogP) is 2.55. The second kappa shape index (κ2) is 7.34. The van der Waals surface area contributed by atoms with Gasteiger partial charge in [0.25, 0.3) is 0 Å². The van der Waals surface area contributed by atoms with E-state index in [0.29, 0.717) is 5.92 Å². The van der Waals surface area contributed by atoms with Crippen LogP contribution in [-0.4, -0.2) is 51.0 Å². The third-order valence-corrected chi connectivity index (χ3v) is 3.64. The highest BCUT2D eigenvalue weighted by Crippen LogP contribution is 2.28. The van der Waals surface area contributed by atoms with Gasteiger partial charge < -0.3 is 9.47 Å². The smallest absolute Gasteiger partial charge is 0.0680 e. The average molecular weight is 243 g/mol. The summed E-state index contributed by atoms with van der Waals surface area (Å²) < 4.78 is 11.0. The van der Waals surface area contributed by atoms with E-state index in [1.54, 1.807) is 14.2 Å². The molecule has 1 heterocycles. The van der Waals surface area contributed by atoms with E-state index in [1.807, 2.05) is 0 Å². The molecule has 0 aliphatic carbocycles. The van der Waals surface area contributed by atoms with Gasteiger partial charge in [0.2, 0.25) is 0 Å². The molecule has 1 fully saturated rings. The molecule has 1 saturated heterocycles. The standard InChI is InChI=1S/C14H29NO2/c1-13(2)10-14(11-16-3,12-17-4)15-8-6-5-7-9-15/h13H,5-12H2,1-4H3. The molecule has 1 rings (SSSR count). The molecular formula is C14H29NO2. The van der Waals surface area contributed by atoms with E-state index in [4.69, 9.17) is 9.47 Å². The third kappa shape index (κ3) is 4.23. The summed E-state index contributed by atoms with van der Waals surface area (Å²) in [6, 6.07) is 0. The number of piperidine rings is 1. The summed E-state index contributed by atoms with van der Waals surface area (Å²) in [5.41, 5.74) is 0.0814. The molecule has 0 aromatic carbocycles. The van der Waals surface area contributed by atoms with E-state index in [2.05, 4.69) is 18.7 Å². The average Bonchev–Trinajstić information content (AvgIpc) is 2.30. The van der Waals surface area contributed by atoms with Crippen molar-refractivity contribution in [1.82, 2.24) is 4.90 Å². The first-order valence-corrected chi connectivity index (χ1v) is 6.87. The van der Waals surface area contributed by atoms with Crippen LogP contribution >= 0.6 is 0 Å². The zero-order chi connectivity index (χ0) is 12.7. The van der Waals surface area contributed by atoms with Gasteiger partial charge in [-0.15, -0.1) is 0 Å². The summed E-state index contributed by atoms with van der Waals surface area (Å²) in [7, 11) is 3.60. The Morgan fingerprint density at radius 1 is 1.00 bits per heavy atom. The lowest BCUT2D eigenvalue weighted by Crippen LogP contribution is -2.57. The Kier molecular flexibility index (Phi) is 6.45. The fraction of sp³-hybridized carbons (Fsp3) is 1.00. The Labute approximate surface area is 106 Å². The van der Waals surface area contributed by atoms with Crippen molar-refractivity contribution in [2.45, 2.75) is 45.1 Å². The molecule has 0 spiro atoms. The number of rotatable bonds is 7. The SMILES string of the molecule is COCC(COC)(CC(C)C)N1CCCCC1. The molecule has 0 radical (unpaired) electrons. The van der Waals surface area contributed by atoms with E-state index in [1.165, 1.54) is 32.4 Å². The number of ether oxygens (including phenoxy) is 2. The second-order valence-corrected chi connectivity index (χ2v) is 5.74. The minimum absolute atomic E-state index is 0.0814. The van der Waals surface area contributed by atoms with Crippen molar-refractivity contribution < 1.29 is 9.47 Å². The van der Waals surface area contributed by atoms with Gasteiger partial charge in [-0.05, 0) is 38.3 Å².